The molecular weight excluding hydrogens is 340 g/mol. The first-order valence-electron chi connectivity index (χ1n) is 7.11. The highest BCUT2D eigenvalue weighted by Gasteiger charge is 2.15. The van der Waals surface area contributed by atoms with E-state index in [1.165, 1.54) is 0 Å². The van der Waals surface area contributed by atoms with Crippen molar-refractivity contribution in [2.24, 2.45) is 5.73 Å². The van der Waals surface area contributed by atoms with Crippen molar-refractivity contribution in [3.05, 3.63) is 29.3 Å². The SMILES string of the molecule is Cc1cccc(C)c1OCCNC(=O)C(N)CCS(C)(=O)=O.Cl. The van der Waals surface area contributed by atoms with Gasteiger partial charge in [0.2, 0.25) is 5.91 Å². The van der Waals surface area contributed by atoms with Gasteiger partial charge in [-0.05, 0) is 31.4 Å². The Kier molecular flexibility index (Phi) is 9.19. The zero-order valence-corrected chi connectivity index (χ0v) is 15.3. The van der Waals surface area contributed by atoms with E-state index >= 15 is 0 Å². The molecule has 0 saturated carbocycles. The molecule has 0 heterocycles. The van der Waals surface area contributed by atoms with E-state index in [0.29, 0.717) is 13.2 Å². The smallest absolute Gasteiger partial charge is 0.237 e. The number of ether oxygens (including phenoxy) is 1. The number of halogens is 1. The third-order valence-electron chi connectivity index (χ3n) is 3.19. The number of hydrogen-bond donors (Lipinski definition) is 2. The highest BCUT2D eigenvalue weighted by atomic mass is 35.5. The molecular formula is C15H25ClN2O4S. The number of para-hydroxylation sites is 1. The summed E-state index contributed by atoms with van der Waals surface area (Å²) in [6.07, 6.45) is 1.23. The number of rotatable bonds is 8. The molecule has 132 valence electrons. The number of nitrogens with one attached hydrogen (secondary N) is 1. The molecule has 1 aromatic carbocycles. The topological polar surface area (TPSA) is 98.5 Å². The Morgan fingerprint density at radius 1 is 1.30 bits per heavy atom. The zero-order chi connectivity index (χ0) is 16.8. The minimum Gasteiger partial charge on any atom is -0.491 e. The summed E-state index contributed by atoms with van der Waals surface area (Å²) in [6, 6.07) is 5.05. The number of carbonyl (C=O) groups is 1. The second kappa shape index (κ2) is 9.75. The maximum Gasteiger partial charge on any atom is 0.237 e. The van der Waals surface area contributed by atoms with E-state index in [2.05, 4.69) is 5.32 Å². The lowest BCUT2D eigenvalue weighted by atomic mass is 10.1. The molecule has 0 spiro atoms. The zero-order valence-electron chi connectivity index (χ0n) is 13.7. The Hall–Kier alpha value is -1.31. The number of nitrogens with two attached hydrogens (primary N) is 1. The standard InChI is InChI=1S/C15H24N2O4S.ClH/c1-11-5-4-6-12(2)14(11)21-9-8-17-15(18)13(16)7-10-22(3,19)20;/h4-6,13H,7-10,16H2,1-3H3,(H,17,18);1H. The lowest BCUT2D eigenvalue weighted by Gasteiger charge is -2.14. The van der Waals surface area contributed by atoms with Gasteiger partial charge in [-0.1, -0.05) is 18.2 Å². The van der Waals surface area contributed by atoms with Crippen LogP contribution in [0.5, 0.6) is 5.75 Å². The van der Waals surface area contributed by atoms with Crippen LogP contribution in [0.1, 0.15) is 17.5 Å². The molecule has 0 saturated heterocycles. The van der Waals surface area contributed by atoms with Crippen molar-refractivity contribution in [3.8, 4) is 5.75 Å². The molecule has 0 aromatic heterocycles. The normalized spacial score (nSPS) is 12.2. The van der Waals surface area contributed by atoms with Crippen LogP contribution in [0.25, 0.3) is 0 Å². The van der Waals surface area contributed by atoms with E-state index in [0.717, 1.165) is 23.1 Å². The fraction of sp³-hybridized carbons (Fsp3) is 0.533. The lowest BCUT2D eigenvalue weighted by Crippen LogP contribution is -2.43. The minimum atomic E-state index is -3.11. The van der Waals surface area contributed by atoms with Gasteiger partial charge < -0.3 is 15.8 Å². The Morgan fingerprint density at radius 3 is 2.39 bits per heavy atom. The maximum absolute atomic E-state index is 11.7. The molecule has 8 heteroatoms. The van der Waals surface area contributed by atoms with Crippen molar-refractivity contribution in [3.63, 3.8) is 0 Å². The van der Waals surface area contributed by atoms with E-state index < -0.39 is 15.9 Å². The van der Waals surface area contributed by atoms with Crippen LogP contribution < -0.4 is 15.8 Å². The first-order valence-corrected chi connectivity index (χ1v) is 9.17. The highest BCUT2D eigenvalue weighted by molar-refractivity contribution is 7.90. The van der Waals surface area contributed by atoms with Crippen molar-refractivity contribution in [1.29, 1.82) is 0 Å². The predicted molar refractivity (Wildman–Crippen MR) is 94.0 cm³/mol. The molecule has 3 N–H and O–H groups in total. The number of hydrogen-bond acceptors (Lipinski definition) is 5. The third kappa shape index (κ3) is 8.20. The molecule has 23 heavy (non-hydrogen) atoms. The Labute approximate surface area is 144 Å². The van der Waals surface area contributed by atoms with E-state index in [9.17, 15) is 13.2 Å². The molecule has 0 bridgehead atoms. The fourth-order valence-corrected chi connectivity index (χ4v) is 2.64. The summed E-state index contributed by atoms with van der Waals surface area (Å²) in [7, 11) is -3.11. The van der Waals surface area contributed by atoms with Crippen molar-refractivity contribution in [2.45, 2.75) is 26.3 Å². The van der Waals surface area contributed by atoms with Crippen LogP contribution in [0.2, 0.25) is 0 Å². The van der Waals surface area contributed by atoms with Gasteiger partial charge in [0.05, 0.1) is 18.3 Å². The largest absolute Gasteiger partial charge is 0.491 e. The number of benzene rings is 1. The Bertz CT molecular complexity index is 600. The van der Waals surface area contributed by atoms with Crippen molar-refractivity contribution in [2.75, 3.05) is 25.2 Å². The van der Waals surface area contributed by atoms with Crippen molar-refractivity contribution < 1.29 is 17.9 Å². The highest BCUT2D eigenvalue weighted by Crippen LogP contribution is 2.21. The van der Waals surface area contributed by atoms with Gasteiger partial charge in [-0.2, -0.15) is 0 Å². The monoisotopic (exact) mass is 364 g/mol. The average molecular weight is 365 g/mol. The molecule has 1 unspecified atom stereocenters. The third-order valence-corrected chi connectivity index (χ3v) is 4.17. The molecule has 1 aromatic rings. The number of amides is 1. The van der Waals surface area contributed by atoms with Gasteiger partial charge in [0, 0.05) is 6.26 Å². The molecule has 0 aliphatic heterocycles. The summed E-state index contributed by atoms with van der Waals surface area (Å²) in [6.45, 7) is 4.57. The Balaban J connectivity index is 0.00000484. The van der Waals surface area contributed by atoms with Gasteiger partial charge in [-0.25, -0.2) is 8.42 Å². The van der Waals surface area contributed by atoms with E-state index in [1.54, 1.807) is 0 Å². The van der Waals surface area contributed by atoms with E-state index in [1.807, 2.05) is 32.0 Å². The summed E-state index contributed by atoms with van der Waals surface area (Å²) < 4.78 is 27.7. The average Bonchev–Trinajstić information content (AvgIpc) is 2.42. The predicted octanol–water partition coefficient (Wildman–Crippen LogP) is 0.982. The first-order chi connectivity index (χ1) is 10.2. The van der Waals surface area contributed by atoms with Crippen LogP contribution in [0.15, 0.2) is 18.2 Å². The molecule has 0 fully saturated rings. The van der Waals surface area contributed by atoms with Crippen LogP contribution in [0.4, 0.5) is 0 Å². The summed E-state index contributed by atoms with van der Waals surface area (Å²) in [5.74, 6) is 0.354. The van der Waals surface area contributed by atoms with Crippen LogP contribution in [0, 0.1) is 13.8 Å². The molecule has 0 aliphatic carbocycles. The molecule has 1 rings (SSSR count). The van der Waals surface area contributed by atoms with Crippen LogP contribution in [-0.4, -0.2) is 45.5 Å². The van der Waals surface area contributed by atoms with Gasteiger partial charge in [-0.15, -0.1) is 12.4 Å². The molecule has 1 amide bonds. The molecule has 1 atom stereocenters. The van der Waals surface area contributed by atoms with Gasteiger partial charge in [0.25, 0.3) is 0 Å². The summed E-state index contributed by atoms with van der Waals surface area (Å²) in [4.78, 5) is 11.7. The number of sulfone groups is 1. The van der Waals surface area contributed by atoms with Crippen molar-refractivity contribution in [1.82, 2.24) is 5.32 Å². The summed E-state index contributed by atoms with van der Waals surface area (Å²) >= 11 is 0. The fourth-order valence-electron chi connectivity index (χ4n) is 1.96. The maximum atomic E-state index is 11.7. The summed E-state index contributed by atoms with van der Waals surface area (Å²) in [5.41, 5.74) is 7.72. The van der Waals surface area contributed by atoms with Gasteiger partial charge in [0.15, 0.2) is 0 Å². The Morgan fingerprint density at radius 2 is 1.87 bits per heavy atom. The van der Waals surface area contributed by atoms with Gasteiger partial charge in [-0.3, -0.25) is 4.79 Å². The quantitative estimate of drug-likeness (QED) is 0.670. The number of aryl methyl sites for hydroxylation is 2. The van der Waals surface area contributed by atoms with Crippen molar-refractivity contribution >= 4 is 28.2 Å². The first kappa shape index (κ1) is 21.7. The lowest BCUT2D eigenvalue weighted by molar-refractivity contribution is -0.122. The second-order valence-electron chi connectivity index (χ2n) is 5.39. The van der Waals surface area contributed by atoms with Crippen LogP contribution >= 0.6 is 12.4 Å². The van der Waals surface area contributed by atoms with E-state index in [4.69, 9.17) is 10.5 Å². The van der Waals surface area contributed by atoms with Gasteiger partial charge >= 0.3 is 0 Å². The van der Waals surface area contributed by atoms with Crippen LogP contribution in [-0.2, 0) is 14.6 Å². The molecule has 6 nitrogen and oxygen atoms in total. The second-order valence-corrected chi connectivity index (χ2v) is 7.65. The minimum absolute atomic E-state index is 0. The summed E-state index contributed by atoms with van der Waals surface area (Å²) in [5, 5.41) is 2.64. The number of carbonyl (C=O) groups excluding carboxylic acids is 1. The van der Waals surface area contributed by atoms with E-state index in [-0.39, 0.29) is 30.5 Å². The molecule has 0 aliphatic rings. The van der Waals surface area contributed by atoms with Crippen LogP contribution in [0.3, 0.4) is 0 Å². The van der Waals surface area contributed by atoms with Gasteiger partial charge in [0.1, 0.15) is 22.2 Å². The molecule has 0 radical (unpaired) electrons.